The molecular weight excluding hydrogens is 733 g/mol. The van der Waals surface area contributed by atoms with Gasteiger partial charge in [0.05, 0.1) is 62.4 Å². The molecule has 278 valence electrons. The van der Waals surface area contributed by atoms with Crippen molar-refractivity contribution in [2.75, 3.05) is 0 Å². The first-order valence-electron chi connectivity index (χ1n) is 19.8. The molecular formula is C54H32N6. The quantitative estimate of drug-likeness (QED) is 0.169. The highest BCUT2D eigenvalue weighted by molar-refractivity contribution is 6.11. The molecule has 6 nitrogen and oxygen atoms in total. The van der Waals surface area contributed by atoms with E-state index in [-0.39, 0.29) is 0 Å². The molecule has 11 aromatic rings. The van der Waals surface area contributed by atoms with Gasteiger partial charge < -0.3 is 9.13 Å². The Hall–Kier alpha value is -8.58. The van der Waals surface area contributed by atoms with Gasteiger partial charge in [0, 0.05) is 49.5 Å². The van der Waals surface area contributed by atoms with Crippen LogP contribution in [0.4, 0.5) is 0 Å². The largest absolute Gasteiger partial charge is 0.309 e. The van der Waals surface area contributed by atoms with E-state index in [4.69, 9.17) is 9.97 Å². The van der Waals surface area contributed by atoms with Gasteiger partial charge in [0.1, 0.15) is 0 Å². The maximum atomic E-state index is 9.89. The molecule has 0 aliphatic carbocycles. The van der Waals surface area contributed by atoms with Gasteiger partial charge in [-0.15, -0.1) is 0 Å². The molecule has 0 spiro atoms. The molecule has 0 unspecified atom stereocenters. The second-order valence-electron chi connectivity index (χ2n) is 14.9. The van der Waals surface area contributed by atoms with Gasteiger partial charge in [-0.05, 0) is 90.5 Å². The summed E-state index contributed by atoms with van der Waals surface area (Å²) < 4.78 is 4.58. The molecule has 3 aromatic heterocycles. The second kappa shape index (κ2) is 14.1. The Bertz CT molecular complexity index is 3510. The highest BCUT2D eigenvalue weighted by atomic mass is 15.0. The lowest BCUT2D eigenvalue weighted by atomic mass is 9.99. The number of hydrogen-bond acceptors (Lipinski definition) is 4. The molecule has 0 bridgehead atoms. The first-order valence-corrected chi connectivity index (χ1v) is 19.8. The summed E-state index contributed by atoms with van der Waals surface area (Å²) in [6.45, 7) is 0. The van der Waals surface area contributed by atoms with Crippen molar-refractivity contribution in [1.82, 2.24) is 19.1 Å². The molecule has 6 heteroatoms. The number of rotatable bonds is 6. The zero-order valence-electron chi connectivity index (χ0n) is 32.2. The zero-order chi connectivity index (χ0) is 40.2. The fourth-order valence-corrected chi connectivity index (χ4v) is 8.63. The van der Waals surface area contributed by atoms with Gasteiger partial charge in [-0.1, -0.05) is 109 Å². The number of nitriles is 2. The number of fused-ring (bicyclic) bond motifs is 6. The number of para-hydroxylation sites is 2. The van der Waals surface area contributed by atoms with Crippen molar-refractivity contribution in [2.24, 2.45) is 0 Å². The third kappa shape index (κ3) is 5.71. The van der Waals surface area contributed by atoms with Gasteiger partial charge in [0.15, 0.2) is 5.82 Å². The van der Waals surface area contributed by atoms with Crippen LogP contribution in [0.1, 0.15) is 11.1 Å². The fourth-order valence-electron chi connectivity index (χ4n) is 8.63. The van der Waals surface area contributed by atoms with Gasteiger partial charge in [-0.3, -0.25) is 0 Å². The minimum absolute atomic E-state index is 0.617. The summed E-state index contributed by atoms with van der Waals surface area (Å²) in [5.74, 6) is 0.621. The van der Waals surface area contributed by atoms with Crippen LogP contribution in [0, 0.1) is 22.7 Å². The van der Waals surface area contributed by atoms with Crippen LogP contribution in [0.5, 0.6) is 0 Å². The molecule has 0 saturated heterocycles. The highest BCUT2D eigenvalue weighted by Crippen LogP contribution is 2.40. The summed E-state index contributed by atoms with van der Waals surface area (Å²) in [5.41, 5.74) is 13.9. The molecule has 0 saturated carbocycles. The van der Waals surface area contributed by atoms with E-state index in [2.05, 4.69) is 130 Å². The highest BCUT2D eigenvalue weighted by Gasteiger charge is 2.20. The zero-order valence-corrected chi connectivity index (χ0v) is 32.2. The Morgan fingerprint density at radius 3 is 1.48 bits per heavy atom. The monoisotopic (exact) mass is 764 g/mol. The predicted octanol–water partition coefficient (Wildman–Crippen LogP) is 13.1. The summed E-state index contributed by atoms with van der Waals surface area (Å²) in [6, 6.07) is 70.9. The Balaban J connectivity index is 1.18. The number of aromatic nitrogens is 4. The molecule has 8 aromatic carbocycles. The van der Waals surface area contributed by atoms with E-state index >= 15 is 0 Å². The second-order valence-corrected chi connectivity index (χ2v) is 14.9. The summed E-state index contributed by atoms with van der Waals surface area (Å²) in [4.78, 5) is 10.4. The van der Waals surface area contributed by atoms with E-state index < -0.39 is 0 Å². The average molecular weight is 765 g/mol. The van der Waals surface area contributed by atoms with Crippen LogP contribution < -0.4 is 0 Å². The number of hydrogen-bond donors (Lipinski definition) is 0. The minimum Gasteiger partial charge on any atom is -0.309 e. The van der Waals surface area contributed by atoms with E-state index in [1.807, 2.05) is 84.9 Å². The third-order valence-electron chi connectivity index (χ3n) is 11.4. The maximum absolute atomic E-state index is 9.89. The number of nitrogens with zero attached hydrogens (tertiary/aromatic N) is 6. The van der Waals surface area contributed by atoms with Gasteiger partial charge in [-0.2, -0.15) is 10.5 Å². The van der Waals surface area contributed by atoms with Crippen LogP contribution in [0.3, 0.4) is 0 Å². The fraction of sp³-hybridized carbons (Fsp3) is 0. The van der Waals surface area contributed by atoms with E-state index in [9.17, 15) is 10.5 Å². The lowest BCUT2D eigenvalue weighted by Gasteiger charge is -2.17. The Morgan fingerprint density at radius 2 is 0.883 bits per heavy atom. The van der Waals surface area contributed by atoms with Crippen molar-refractivity contribution >= 4 is 43.6 Å². The van der Waals surface area contributed by atoms with Crippen LogP contribution in [0.2, 0.25) is 0 Å². The van der Waals surface area contributed by atoms with Gasteiger partial charge in [0.25, 0.3) is 0 Å². The predicted molar refractivity (Wildman–Crippen MR) is 242 cm³/mol. The molecule has 0 atom stereocenters. The smallest absolute Gasteiger partial charge is 0.160 e. The van der Waals surface area contributed by atoms with E-state index in [1.165, 1.54) is 0 Å². The molecule has 3 heterocycles. The Morgan fingerprint density at radius 1 is 0.367 bits per heavy atom. The summed E-state index contributed by atoms with van der Waals surface area (Å²) in [5, 5.41) is 23.9. The van der Waals surface area contributed by atoms with Crippen molar-refractivity contribution in [3.05, 3.63) is 205 Å². The van der Waals surface area contributed by atoms with Crippen molar-refractivity contribution < 1.29 is 0 Å². The van der Waals surface area contributed by atoms with Gasteiger partial charge >= 0.3 is 0 Å². The molecule has 60 heavy (non-hydrogen) atoms. The first kappa shape index (κ1) is 34.7. The van der Waals surface area contributed by atoms with Crippen molar-refractivity contribution in [1.29, 1.82) is 10.5 Å². The van der Waals surface area contributed by atoms with Crippen LogP contribution in [0.15, 0.2) is 194 Å². The Kier molecular flexibility index (Phi) is 8.15. The number of benzene rings is 8. The summed E-state index contributed by atoms with van der Waals surface area (Å²) in [6.07, 6.45) is 0. The van der Waals surface area contributed by atoms with E-state index in [0.717, 1.165) is 94.2 Å². The molecule has 0 aliphatic heterocycles. The van der Waals surface area contributed by atoms with Crippen LogP contribution in [0.25, 0.3) is 100 Å². The molecule has 11 rings (SSSR count). The average Bonchev–Trinajstić information content (AvgIpc) is 3.84. The summed E-state index contributed by atoms with van der Waals surface area (Å²) in [7, 11) is 0. The molecule has 0 N–H and O–H groups in total. The van der Waals surface area contributed by atoms with Crippen molar-refractivity contribution in [3.8, 4) is 68.5 Å². The normalized spacial score (nSPS) is 11.3. The van der Waals surface area contributed by atoms with Crippen LogP contribution >= 0.6 is 0 Å². The minimum atomic E-state index is 0.617. The molecule has 0 aliphatic rings. The lowest BCUT2D eigenvalue weighted by molar-refractivity contribution is 1.16. The van der Waals surface area contributed by atoms with Gasteiger partial charge in [-0.25, -0.2) is 9.97 Å². The van der Waals surface area contributed by atoms with Crippen LogP contribution in [-0.2, 0) is 0 Å². The molecule has 0 fully saturated rings. The Labute approximate surface area is 345 Å². The SMILES string of the molecule is N#Cc1ccc2c(c1)c1ccccc1n2-c1cccc(-c2cc(-c3nc(-c4ccccc4)cc(-c4ccccc4)n3)ccc2-n2c3ccccc3c3cc(C#N)ccc32)c1. The molecule has 0 amide bonds. The van der Waals surface area contributed by atoms with E-state index in [1.54, 1.807) is 0 Å². The standard InChI is InChI=1S/C54H32N6/c55-33-35-22-25-52-45(28-35)42-18-7-9-20-49(42)59(52)41-17-11-16-39(30-41)44-31-40(54-57-47(37-12-3-1-4-13-37)32-48(58-54)38-14-5-2-6-15-38)24-27-51(44)60-50-21-10-8-19-43(50)46-29-36(34-56)23-26-53(46)60/h1-32H. The van der Waals surface area contributed by atoms with Crippen molar-refractivity contribution in [2.45, 2.75) is 0 Å². The lowest BCUT2D eigenvalue weighted by Crippen LogP contribution is -2.01. The maximum Gasteiger partial charge on any atom is 0.160 e. The molecule has 0 radical (unpaired) electrons. The van der Waals surface area contributed by atoms with Crippen molar-refractivity contribution in [3.63, 3.8) is 0 Å². The first-order chi connectivity index (χ1) is 29.6. The summed E-state index contributed by atoms with van der Waals surface area (Å²) >= 11 is 0. The van der Waals surface area contributed by atoms with Gasteiger partial charge in [0.2, 0.25) is 0 Å². The van der Waals surface area contributed by atoms with Crippen LogP contribution in [-0.4, -0.2) is 19.1 Å². The van der Waals surface area contributed by atoms with E-state index in [0.29, 0.717) is 17.0 Å². The topological polar surface area (TPSA) is 83.2 Å². The third-order valence-corrected chi connectivity index (χ3v) is 11.4.